The number of carboxylic acids is 1. The van der Waals surface area contributed by atoms with Crippen molar-refractivity contribution in [3.8, 4) is 11.8 Å². The van der Waals surface area contributed by atoms with Gasteiger partial charge in [-0.15, -0.1) is 0 Å². The lowest BCUT2D eigenvalue weighted by Crippen LogP contribution is -2.29. The highest BCUT2D eigenvalue weighted by molar-refractivity contribution is 5.97. The molecule has 0 heterocycles. The molecule has 4 heteroatoms. The van der Waals surface area contributed by atoms with E-state index in [4.69, 9.17) is 9.84 Å². The first-order chi connectivity index (χ1) is 11.5. The van der Waals surface area contributed by atoms with Crippen LogP contribution in [0.25, 0.3) is 0 Å². The highest BCUT2D eigenvalue weighted by atomic mass is 16.5. The predicted molar refractivity (Wildman–Crippen MR) is 96.5 cm³/mol. The SMILES string of the molecule is CCCCC(CC)CC(OC(=O)C#CC(=O)O)C(CC)CCCC. The number of rotatable bonds is 12. The second kappa shape index (κ2) is 13.9. The van der Waals surface area contributed by atoms with Crippen LogP contribution in [-0.2, 0) is 14.3 Å². The Hall–Kier alpha value is -1.50. The van der Waals surface area contributed by atoms with Gasteiger partial charge in [-0.25, -0.2) is 9.59 Å². The maximum atomic E-state index is 11.9. The van der Waals surface area contributed by atoms with Crippen molar-refractivity contribution in [2.24, 2.45) is 11.8 Å². The second-order valence-corrected chi connectivity index (χ2v) is 6.46. The van der Waals surface area contributed by atoms with Gasteiger partial charge in [-0.1, -0.05) is 66.2 Å². The van der Waals surface area contributed by atoms with Gasteiger partial charge in [-0.05, 0) is 31.1 Å². The van der Waals surface area contributed by atoms with Gasteiger partial charge in [0.15, 0.2) is 0 Å². The largest absolute Gasteiger partial charge is 0.472 e. The summed E-state index contributed by atoms with van der Waals surface area (Å²) < 4.78 is 5.59. The molecular formula is C20H34O4. The van der Waals surface area contributed by atoms with E-state index in [0.717, 1.165) is 51.4 Å². The lowest BCUT2D eigenvalue weighted by Gasteiger charge is -2.29. The monoisotopic (exact) mass is 338 g/mol. The van der Waals surface area contributed by atoms with E-state index in [1.807, 2.05) is 5.92 Å². The van der Waals surface area contributed by atoms with Gasteiger partial charge < -0.3 is 9.84 Å². The van der Waals surface area contributed by atoms with Gasteiger partial charge in [0, 0.05) is 11.8 Å². The third-order valence-electron chi connectivity index (χ3n) is 4.62. The zero-order valence-corrected chi connectivity index (χ0v) is 15.8. The molecule has 0 aliphatic rings. The number of ether oxygens (including phenoxy) is 1. The van der Waals surface area contributed by atoms with Gasteiger partial charge in [-0.3, -0.25) is 0 Å². The van der Waals surface area contributed by atoms with Crippen LogP contribution in [0.3, 0.4) is 0 Å². The molecule has 3 atom stereocenters. The molecule has 0 saturated carbocycles. The molecule has 0 saturated heterocycles. The van der Waals surface area contributed by atoms with Crippen LogP contribution in [0.15, 0.2) is 0 Å². The van der Waals surface area contributed by atoms with Crippen molar-refractivity contribution in [1.29, 1.82) is 0 Å². The van der Waals surface area contributed by atoms with E-state index in [1.165, 1.54) is 6.42 Å². The normalized spacial score (nSPS) is 14.2. The number of hydrogen-bond acceptors (Lipinski definition) is 3. The molecule has 0 aromatic rings. The van der Waals surface area contributed by atoms with E-state index >= 15 is 0 Å². The van der Waals surface area contributed by atoms with E-state index in [0.29, 0.717) is 11.8 Å². The van der Waals surface area contributed by atoms with E-state index < -0.39 is 11.9 Å². The second-order valence-electron chi connectivity index (χ2n) is 6.46. The summed E-state index contributed by atoms with van der Waals surface area (Å²) in [5, 5.41) is 8.57. The number of carbonyl (C=O) groups excluding carboxylic acids is 1. The molecule has 0 bridgehead atoms. The average molecular weight is 338 g/mol. The van der Waals surface area contributed by atoms with E-state index in [2.05, 4.69) is 33.6 Å². The minimum Gasteiger partial charge on any atom is -0.472 e. The third-order valence-corrected chi connectivity index (χ3v) is 4.62. The molecule has 0 spiro atoms. The Morgan fingerprint density at radius 1 is 0.958 bits per heavy atom. The van der Waals surface area contributed by atoms with Crippen LogP contribution in [0.4, 0.5) is 0 Å². The summed E-state index contributed by atoms with van der Waals surface area (Å²) in [5.41, 5.74) is 0. The molecule has 0 rings (SSSR count). The molecule has 4 nitrogen and oxygen atoms in total. The molecule has 0 aliphatic heterocycles. The Kier molecular flexibility index (Phi) is 13.0. The quantitative estimate of drug-likeness (QED) is 0.315. The standard InChI is InChI=1S/C20H34O4/c1-5-9-11-16(7-3)15-18(17(8-4)12-10-6-2)24-20(23)14-13-19(21)22/h16-18H,5-12,15H2,1-4H3,(H,21,22). The van der Waals surface area contributed by atoms with Gasteiger partial charge >= 0.3 is 11.9 Å². The molecule has 0 fully saturated rings. The third kappa shape index (κ3) is 10.3. The summed E-state index contributed by atoms with van der Waals surface area (Å²) in [6.07, 6.45) is 9.45. The van der Waals surface area contributed by atoms with Crippen molar-refractivity contribution >= 4 is 11.9 Å². The summed E-state index contributed by atoms with van der Waals surface area (Å²) in [5.74, 6) is 2.74. The van der Waals surface area contributed by atoms with Crippen LogP contribution in [0, 0.1) is 23.7 Å². The number of esters is 1. The van der Waals surface area contributed by atoms with Gasteiger partial charge in [0.1, 0.15) is 6.10 Å². The summed E-state index contributed by atoms with van der Waals surface area (Å²) in [6.45, 7) is 8.64. The fraction of sp³-hybridized carbons (Fsp3) is 0.800. The Morgan fingerprint density at radius 3 is 2.08 bits per heavy atom. The molecule has 3 unspecified atom stereocenters. The molecule has 1 N–H and O–H groups in total. The van der Waals surface area contributed by atoms with Crippen molar-refractivity contribution in [3.63, 3.8) is 0 Å². The number of carbonyl (C=O) groups is 2. The van der Waals surface area contributed by atoms with Crippen molar-refractivity contribution in [1.82, 2.24) is 0 Å². The number of hydrogen-bond donors (Lipinski definition) is 1. The number of aliphatic carboxylic acids is 1. The van der Waals surface area contributed by atoms with Crippen molar-refractivity contribution < 1.29 is 19.4 Å². The zero-order chi connectivity index (χ0) is 18.4. The van der Waals surface area contributed by atoms with E-state index in [9.17, 15) is 9.59 Å². The topological polar surface area (TPSA) is 63.6 Å². The lowest BCUT2D eigenvalue weighted by molar-refractivity contribution is -0.146. The molecule has 0 amide bonds. The Morgan fingerprint density at radius 2 is 1.58 bits per heavy atom. The fourth-order valence-corrected chi connectivity index (χ4v) is 3.04. The zero-order valence-electron chi connectivity index (χ0n) is 15.8. The Balaban J connectivity index is 5.01. The van der Waals surface area contributed by atoms with Crippen LogP contribution in [0.2, 0.25) is 0 Å². The first-order valence-electron chi connectivity index (χ1n) is 9.43. The lowest BCUT2D eigenvalue weighted by atomic mass is 9.84. The van der Waals surface area contributed by atoms with Crippen LogP contribution in [-0.4, -0.2) is 23.1 Å². The minimum absolute atomic E-state index is 0.168. The van der Waals surface area contributed by atoms with Crippen molar-refractivity contribution in [2.75, 3.05) is 0 Å². The van der Waals surface area contributed by atoms with Gasteiger partial charge in [0.25, 0.3) is 0 Å². The van der Waals surface area contributed by atoms with E-state index in [-0.39, 0.29) is 6.10 Å². The summed E-state index contributed by atoms with van der Waals surface area (Å²) >= 11 is 0. The summed E-state index contributed by atoms with van der Waals surface area (Å²) in [7, 11) is 0. The molecular weight excluding hydrogens is 304 g/mol. The molecule has 0 aliphatic carbocycles. The Bertz CT molecular complexity index is 419. The molecule has 24 heavy (non-hydrogen) atoms. The minimum atomic E-state index is -1.31. The summed E-state index contributed by atoms with van der Waals surface area (Å²) in [4.78, 5) is 22.4. The molecule has 138 valence electrons. The van der Waals surface area contributed by atoms with Crippen LogP contribution in [0.5, 0.6) is 0 Å². The highest BCUT2D eigenvalue weighted by Gasteiger charge is 2.26. The number of carboxylic acid groups (broad SMARTS) is 1. The molecule has 0 aromatic carbocycles. The Labute approximate surface area is 147 Å². The predicted octanol–water partition coefficient (Wildman–Crippen LogP) is 4.81. The highest BCUT2D eigenvalue weighted by Crippen LogP contribution is 2.28. The maximum Gasteiger partial charge on any atom is 0.385 e. The smallest absolute Gasteiger partial charge is 0.385 e. The summed E-state index contributed by atoms with van der Waals surface area (Å²) in [6, 6.07) is 0. The number of unbranched alkanes of at least 4 members (excludes halogenated alkanes) is 2. The molecule has 0 aromatic heterocycles. The fourth-order valence-electron chi connectivity index (χ4n) is 3.04. The van der Waals surface area contributed by atoms with Gasteiger partial charge in [0.05, 0.1) is 0 Å². The first-order valence-corrected chi connectivity index (χ1v) is 9.43. The molecule has 0 radical (unpaired) electrons. The van der Waals surface area contributed by atoms with E-state index in [1.54, 1.807) is 0 Å². The van der Waals surface area contributed by atoms with Gasteiger partial charge in [0.2, 0.25) is 0 Å². The van der Waals surface area contributed by atoms with Crippen molar-refractivity contribution in [3.05, 3.63) is 0 Å². The van der Waals surface area contributed by atoms with Crippen LogP contribution in [0.1, 0.15) is 85.5 Å². The van der Waals surface area contributed by atoms with Crippen LogP contribution >= 0.6 is 0 Å². The maximum absolute atomic E-state index is 11.9. The average Bonchev–Trinajstić information content (AvgIpc) is 2.56. The van der Waals surface area contributed by atoms with Crippen LogP contribution < -0.4 is 0 Å². The van der Waals surface area contributed by atoms with Crippen molar-refractivity contribution in [2.45, 2.75) is 91.6 Å². The van der Waals surface area contributed by atoms with Gasteiger partial charge in [-0.2, -0.15) is 0 Å². The first kappa shape index (κ1) is 22.5.